The highest BCUT2D eigenvalue weighted by Crippen LogP contribution is 2.26. The Morgan fingerprint density at radius 2 is 1.83 bits per heavy atom. The summed E-state index contributed by atoms with van der Waals surface area (Å²) in [6, 6.07) is 16.6. The lowest BCUT2D eigenvalue weighted by Gasteiger charge is -2.15. The maximum atomic E-state index is 11.0. The van der Waals surface area contributed by atoms with Crippen LogP contribution in [0.25, 0.3) is 11.0 Å². The zero-order valence-electron chi connectivity index (χ0n) is 18.4. The number of fused-ring (bicyclic) bond motifs is 1. The number of carbonyl (C=O) groups excluding carboxylic acids is 1. The molecule has 5 heteroatoms. The molecule has 0 spiro atoms. The van der Waals surface area contributed by atoms with E-state index in [4.69, 9.17) is 9.72 Å². The molecule has 0 saturated carbocycles. The first-order chi connectivity index (χ1) is 14.6. The minimum atomic E-state index is 0.0378. The molecule has 0 aliphatic carbocycles. The number of benzene rings is 2. The molecule has 1 amide bonds. The fraction of sp³-hybridized carbons (Fsp3) is 0.440. The highest BCUT2D eigenvalue weighted by Gasteiger charge is 2.11. The van der Waals surface area contributed by atoms with Crippen LogP contribution in [0.1, 0.15) is 57.3 Å². The van der Waals surface area contributed by atoms with Crippen molar-refractivity contribution in [1.82, 2.24) is 14.9 Å². The number of unbranched alkanes of at least 4 members (excludes halogenated alkanes) is 2. The van der Waals surface area contributed by atoms with Crippen molar-refractivity contribution in [2.75, 3.05) is 13.2 Å². The number of hydrogen-bond acceptors (Lipinski definition) is 3. The van der Waals surface area contributed by atoms with Gasteiger partial charge in [-0.15, -0.1) is 0 Å². The fourth-order valence-corrected chi connectivity index (χ4v) is 3.75. The second kappa shape index (κ2) is 10.8. The van der Waals surface area contributed by atoms with Crippen LogP contribution in [0.15, 0.2) is 48.5 Å². The average Bonchev–Trinajstić information content (AvgIpc) is 3.08. The first-order valence-electron chi connectivity index (χ1n) is 11.0. The molecule has 5 nitrogen and oxygen atoms in total. The van der Waals surface area contributed by atoms with E-state index in [1.165, 1.54) is 5.56 Å². The molecule has 0 fully saturated rings. The van der Waals surface area contributed by atoms with Crippen LogP contribution in [-0.2, 0) is 17.8 Å². The van der Waals surface area contributed by atoms with E-state index in [-0.39, 0.29) is 5.91 Å². The zero-order chi connectivity index (χ0) is 21.3. The van der Waals surface area contributed by atoms with Gasteiger partial charge in [-0.3, -0.25) is 4.79 Å². The van der Waals surface area contributed by atoms with E-state index < -0.39 is 0 Å². The van der Waals surface area contributed by atoms with E-state index in [1.54, 1.807) is 6.92 Å². The predicted octanol–water partition coefficient (Wildman–Crippen LogP) is 5.09. The normalized spacial score (nSPS) is 11.2. The van der Waals surface area contributed by atoms with Gasteiger partial charge in [0.1, 0.15) is 18.2 Å². The summed E-state index contributed by atoms with van der Waals surface area (Å²) in [6.45, 7) is 8.07. The Balaban J connectivity index is 1.63. The van der Waals surface area contributed by atoms with Crippen LogP contribution in [0.5, 0.6) is 5.75 Å². The van der Waals surface area contributed by atoms with Gasteiger partial charge in [0, 0.05) is 19.9 Å². The SMILES string of the molecule is CC(=O)NCCCCCc1nc2ccccc2n1CCOc1ccccc1C(C)C. The van der Waals surface area contributed by atoms with Gasteiger partial charge in [-0.05, 0) is 42.5 Å². The highest BCUT2D eigenvalue weighted by molar-refractivity contribution is 5.75. The minimum Gasteiger partial charge on any atom is -0.491 e. The number of ether oxygens (including phenoxy) is 1. The van der Waals surface area contributed by atoms with Crippen LogP contribution >= 0.6 is 0 Å². The molecule has 160 valence electrons. The van der Waals surface area contributed by atoms with Crippen molar-refractivity contribution in [3.63, 3.8) is 0 Å². The molecule has 0 atom stereocenters. The Bertz CT molecular complexity index is 962. The van der Waals surface area contributed by atoms with Crippen LogP contribution in [0, 0.1) is 0 Å². The lowest BCUT2D eigenvalue weighted by atomic mass is 10.0. The lowest BCUT2D eigenvalue weighted by Crippen LogP contribution is -2.20. The van der Waals surface area contributed by atoms with Crippen molar-refractivity contribution in [3.05, 3.63) is 59.9 Å². The summed E-state index contributed by atoms with van der Waals surface area (Å²) in [5.41, 5.74) is 3.44. The Labute approximate surface area is 179 Å². The molecule has 0 saturated heterocycles. The number of aryl methyl sites for hydroxylation is 1. The van der Waals surface area contributed by atoms with Crippen LogP contribution in [0.2, 0.25) is 0 Å². The molecule has 0 aliphatic rings. The Morgan fingerprint density at radius 1 is 1.07 bits per heavy atom. The molecule has 2 aromatic carbocycles. The molecule has 0 unspecified atom stereocenters. The molecule has 0 aliphatic heterocycles. The van der Waals surface area contributed by atoms with E-state index >= 15 is 0 Å². The summed E-state index contributed by atoms with van der Waals surface area (Å²) in [6.07, 6.45) is 4.05. The van der Waals surface area contributed by atoms with Gasteiger partial charge in [0.05, 0.1) is 17.6 Å². The summed E-state index contributed by atoms with van der Waals surface area (Å²) in [5, 5.41) is 2.86. The first kappa shape index (κ1) is 21.9. The molecule has 30 heavy (non-hydrogen) atoms. The third-order valence-electron chi connectivity index (χ3n) is 5.30. The second-order valence-corrected chi connectivity index (χ2v) is 8.00. The van der Waals surface area contributed by atoms with Gasteiger partial charge in [-0.25, -0.2) is 4.98 Å². The second-order valence-electron chi connectivity index (χ2n) is 8.00. The van der Waals surface area contributed by atoms with Crippen LogP contribution in [0.3, 0.4) is 0 Å². The average molecular weight is 408 g/mol. The van der Waals surface area contributed by atoms with Crippen LogP contribution in [-0.4, -0.2) is 28.6 Å². The summed E-state index contributed by atoms with van der Waals surface area (Å²) in [4.78, 5) is 15.8. The van der Waals surface area contributed by atoms with Gasteiger partial charge >= 0.3 is 0 Å². The molecular formula is C25H33N3O2. The van der Waals surface area contributed by atoms with Gasteiger partial charge in [0.25, 0.3) is 0 Å². The number of carbonyl (C=O) groups is 1. The van der Waals surface area contributed by atoms with E-state index in [0.717, 1.165) is 61.4 Å². The summed E-state index contributed by atoms with van der Waals surface area (Å²) in [7, 11) is 0. The van der Waals surface area contributed by atoms with Crippen LogP contribution < -0.4 is 10.1 Å². The number of nitrogens with zero attached hydrogens (tertiary/aromatic N) is 2. The molecule has 1 N–H and O–H groups in total. The van der Waals surface area contributed by atoms with Gasteiger partial charge < -0.3 is 14.6 Å². The molecule has 3 aromatic rings. The van der Waals surface area contributed by atoms with Gasteiger partial charge in [-0.2, -0.15) is 0 Å². The van der Waals surface area contributed by atoms with Crippen LogP contribution in [0.4, 0.5) is 0 Å². The Morgan fingerprint density at radius 3 is 2.63 bits per heavy atom. The molecule has 3 rings (SSSR count). The molecule has 0 bridgehead atoms. The van der Waals surface area contributed by atoms with Crippen molar-refractivity contribution in [2.24, 2.45) is 0 Å². The van der Waals surface area contributed by atoms with Gasteiger partial charge in [-0.1, -0.05) is 50.6 Å². The molecular weight excluding hydrogens is 374 g/mol. The highest BCUT2D eigenvalue weighted by atomic mass is 16.5. The van der Waals surface area contributed by atoms with E-state index in [2.05, 4.69) is 60.1 Å². The summed E-state index contributed by atoms with van der Waals surface area (Å²) in [5.74, 6) is 2.55. The van der Waals surface area contributed by atoms with Crippen molar-refractivity contribution in [2.45, 2.75) is 58.9 Å². The van der Waals surface area contributed by atoms with Gasteiger partial charge in [0.15, 0.2) is 0 Å². The zero-order valence-corrected chi connectivity index (χ0v) is 18.4. The first-order valence-corrected chi connectivity index (χ1v) is 11.0. The van der Waals surface area contributed by atoms with E-state index in [0.29, 0.717) is 12.5 Å². The topological polar surface area (TPSA) is 56.2 Å². The lowest BCUT2D eigenvalue weighted by molar-refractivity contribution is -0.118. The number of nitrogens with one attached hydrogen (secondary N) is 1. The number of aromatic nitrogens is 2. The summed E-state index contributed by atoms with van der Waals surface area (Å²) >= 11 is 0. The van der Waals surface area contributed by atoms with Crippen molar-refractivity contribution in [3.8, 4) is 5.75 Å². The third kappa shape index (κ3) is 5.85. The number of amides is 1. The largest absolute Gasteiger partial charge is 0.491 e. The maximum Gasteiger partial charge on any atom is 0.216 e. The van der Waals surface area contributed by atoms with Crippen molar-refractivity contribution < 1.29 is 9.53 Å². The number of imidazole rings is 1. The quantitative estimate of drug-likeness (QED) is 0.451. The Kier molecular flexibility index (Phi) is 7.89. The molecule has 1 heterocycles. The third-order valence-corrected chi connectivity index (χ3v) is 5.30. The van der Waals surface area contributed by atoms with Crippen molar-refractivity contribution >= 4 is 16.9 Å². The minimum absolute atomic E-state index is 0.0378. The van der Waals surface area contributed by atoms with E-state index in [9.17, 15) is 4.79 Å². The number of para-hydroxylation sites is 3. The predicted molar refractivity (Wildman–Crippen MR) is 122 cm³/mol. The van der Waals surface area contributed by atoms with Gasteiger partial charge in [0.2, 0.25) is 5.91 Å². The molecule has 0 radical (unpaired) electrons. The summed E-state index contributed by atoms with van der Waals surface area (Å²) < 4.78 is 8.46. The standard InChI is InChI=1S/C25H33N3O2/c1-19(2)21-11-6-9-14-24(21)30-18-17-28-23-13-8-7-12-22(23)27-25(28)15-5-4-10-16-26-20(3)29/h6-9,11-14,19H,4-5,10,15-18H2,1-3H3,(H,26,29). The number of rotatable bonds is 11. The maximum absolute atomic E-state index is 11.0. The van der Waals surface area contributed by atoms with Crippen molar-refractivity contribution in [1.29, 1.82) is 0 Å². The Hall–Kier alpha value is -2.82. The molecule has 1 aromatic heterocycles. The fourth-order valence-electron chi connectivity index (χ4n) is 3.75. The number of hydrogen-bond donors (Lipinski definition) is 1. The monoisotopic (exact) mass is 407 g/mol. The smallest absolute Gasteiger partial charge is 0.216 e. The van der Waals surface area contributed by atoms with E-state index in [1.807, 2.05) is 12.1 Å².